The number of hydrazone groups is 1. The Bertz CT molecular complexity index is 1160. The molecule has 0 aromatic heterocycles. The summed E-state index contributed by atoms with van der Waals surface area (Å²) in [5.41, 5.74) is 3.50. The van der Waals surface area contributed by atoms with Crippen LogP contribution >= 0.6 is 0 Å². The maximum absolute atomic E-state index is 13.3. The first-order valence-corrected chi connectivity index (χ1v) is 9.39. The fourth-order valence-electron chi connectivity index (χ4n) is 2.85. The van der Waals surface area contributed by atoms with Crippen molar-refractivity contribution in [2.45, 2.75) is 0 Å². The third kappa shape index (κ3) is 5.05. The minimum atomic E-state index is -0.680. The van der Waals surface area contributed by atoms with Gasteiger partial charge in [-0.05, 0) is 54.1 Å². The van der Waals surface area contributed by atoms with Gasteiger partial charge in [-0.15, -0.1) is 0 Å². The highest BCUT2D eigenvalue weighted by Crippen LogP contribution is 2.30. The van der Waals surface area contributed by atoms with E-state index < -0.39 is 17.7 Å². The average molecular weight is 420 g/mol. The van der Waals surface area contributed by atoms with E-state index in [0.717, 1.165) is 6.07 Å². The monoisotopic (exact) mass is 420 g/mol. The van der Waals surface area contributed by atoms with E-state index in [-0.39, 0.29) is 11.3 Å². The van der Waals surface area contributed by atoms with Crippen LogP contribution in [0.2, 0.25) is 0 Å². The molecule has 3 aromatic rings. The van der Waals surface area contributed by atoms with Crippen LogP contribution in [0.1, 0.15) is 26.3 Å². The molecule has 0 spiro atoms. The molecule has 31 heavy (non-hydrogen) atoms. The number of carbonyl (C=O) groups is 2. The number of rotatable bonds is 5. The summed E-state index contributed by atoms with van der Waals surface area (Å²) in [4.78, 5) is 24.4. The molecule has 8 heteroatoms. The molecule has 1 N–H and O–H groups in total. The highest BCUT2D eigenvalue weighted by Gasteiger charge is 2.14. The molecule has 4 rings (SSSR count). The molecular formula is C23H17FN2O5. The van der Waals surface area contributed by atoms with Crippen LogP contribution in [0.4, 0.5) is 4.39 Å². The van der Waals surface area contributed by atoms with E-state index in [2.05, 4.69) is 10.5 Å². The number of halogens is 1. The summed E-state index contributed by atoms with van der Waals surface area (Å²) in [5, 5.41) is 3.93. The van der Waals surface area contributed by atoms with Gasteiger partial charge in [0.15, 0.2) is 11.5 Å². The zero-order valence-electron chi connectivity index (χ0n) is 16.2. The van der Waals surface area contributed by atoms with Crippen LogP contribution in [-0.2, 0) is 0 Å². The molecule has 0 saturated heterocycles. The van der Waals surface area contributed by atoms with Crippen molar-refractivity contribution in [1.29, 1.82) is 0 Å². The van der Waals surface area contributed by atoms with E-state index in [1.54, 1.807) is 42.5 Å². The summed E-state index contributed by atoms with van der Waals surface area (Å²) < 4.78 is 29.4. The first-order valence-electron chi connectivity index (χ1n) is 9.39. The highest BCUT2D eigenvalue weighted by atomic mass is 19.1. The van der Waals surface area contributed by atoms with E-state index >= 15 is 0 Å². The second-order valence-corrected chi connectivity index (χ2v) is 6.53. The van der Waals surface area contributed by atoms with Gasteiger partial charge in [0.2, 0.25) is 0 Å². The maximum Gasteiger partial charge on any atom is 0.343 e. The number of esters is 1. The van der Waals surface area contributed by atoms with E-state index in [4.69, 9.17) is 14.2 Å². The summed E-state index contributed by atoms with van der Waals surface area (Å²) in [7, 11) is 0. The average Bonchev–Trinajstić information content (AvgIpc) is 2.79. The van der Waals surface area contributed by atoms with Gasteiger partial charge in [0.1, 0.15) is 24.8 Å². The highest BCUT2D eigenvalue weighted by molar-refractivity contribution is 5.95. The molecule has 0 unspecified atom stereocenters. The van der Waals surface area contributed by atoms with Gasteiger partial charge in [-0.2, -0.15) is 5.10 Å². The van der Waals surface area contributed by atoms with Crippen LogP contribution in [-0.4, -0.2) is 31.3 Å². The third-order valence-electron chi connectivity index (χ3n) is 4.31. The molecule has 1 amide bonds. The number of ether oxygens (including phenoxy) is 3. The number of carbonyl (C=O) groups excluding carboxylic acids is 2. The maximum atomic E-state index is 13.3. The number of hydrogen-bond donors (Lipinski definition) is 1. The molecule has 0 fully saturated rings. The molecule has 1 aliphatic rings. The SMILES string of the molecule is O=C(N/N=C\c1cccc(OC(=O)c2cccc(F)c2)c1)c1ccc2c(c1)OCCO2. The topological polar surface area (TPSA) is 86.2 Å². The lowest BCUT2D eigenvalue weighted by Gasteiger charge is -2.18. The fourth-order valence-corrected chi connectivity index (χ4v) is 2.85. The Morgan fingerprint density at radius 1 is 0.935 bits per heavy atom. The van der Waals surface area contributed by atoms with Gasteiger partial charge in [0.25, 0.3) is 5.91 Å². The number of amides is 1. The number of nitrogens with zero attached hydrogens (tertiary/aromatic N) is 1. The predicted octanol–water partition coefficient (Wildman–Crippen LogP) is 3.58. The number of nitrogens with one attached hydrogen (secondary N) is 1. The van der Waals surface area contributed by atoms with Crippen LogP contribution in [0.5, 0.6) is 17.2 Å². The van der Waals surface area contributed by atoms with Crippen LogP contribution in [0.25, 0.3) is 0 Å². The molecule has 0 atom stereocenters. The largest absolute Gasteiger partial charge is 0.486 e. The van der Waals surface area contributed by atoms with Crippen molar-refractivity contribution >= 4 is 18.1 Å². The molecule has 7 nitrogen and oxygen atoms in total. The summed E-state index contributed by atoms with van der Waals surface area (Å²) in [6.07, 6.45) is 1.41. The lowest BCUT2D eigenvalue weighted by molar-refractivity contribution is 0.0734. The van der Waals surface area contributed by atoms with Crippen LogP contribution < -0.4 is 19.6 Å². The van der Waals surface area contributed by atoms with Crippen LogP contribution in [0.3, 0.4) is 0 Å². The van der Waals surface area contributed by atoms with E-state index in [9.17, 15) is 14.0 Å². The molecule has 0 aliphatic carbocycles. The van der Waals surface area contributed by atoms with Crippen molar-refractivity contribution in [3.05, 3.63) is 89.2 Å². The van der Waals surface area contributed by atoms with Crippen molar-refractivity contribution in [3.8, 4) is 17.2 Å². The zero-order valence-corrected chi connectivity index (χ0v) is 16.2. The third-order valence-corrected chi connectivity index (χ3v) is 4.31. The Hall–Kier alpha value is -4.20. The molecule has 0 bridgehead atoms. The first-order chi connectivity index (χ1) is 15.1. The Labute approximate surface area is 177 Å². The second-order valence-electron chi connectivity index (χ2n) is 6.53. The Morgan fingerprint density at radius 2 is 1.74 bits per heavy atom. The second kappa shape index (κ2) is 9.08. The van der Waals surface area contributed by atoms with E-state index in [1.165, 1.54) is 24.4 Å². The minimum Gasteiger partial charge on any atom is -0.486 e. The number of hydrogen-bond acceptors (Lipinski definition) is 6. The molecule has 156 valence electrons. The summed E-state index contributed by atoms with van der Waals surface area (Å²) in [6, 6.07) is 16.6. The fraction of sp³-hybridized carbons (Fsp3) is 0.0870. The Balaban J connectivity index is 1.38. The van der Waals surface area contributed by atoms with Gasteiger partial charge in [-0.1, -0.05) is 18.2 Å². The Morgan fingerprint density at radius 3 is 2.58 bits per heavy atom. The van der Waals surface area contributed by atoms with Crippen molar-refractivity contribution < 1.29 is 28.2 Å². The Kier molecular flexibility index (Phi) is 5.89. The molecule has 0 radical (unpaired) electrons. The lowest BCUT2D eigenvalue weighted by atomic mass is 10.2. The quantitative estimate of drug-likeness (QED) is 0.295. The number of fused-ring (bicyclic) bond motifs is 1. The predicted molar refractivity (Wildman–Crippen MR) is 110 cm³/mol. The standard InChI is InChI=1S/C23H17FN2O5/c24-18-5-2-4-17(12-18)23(28)31-19-6-1-3-15(11-19)14-25-26-22(27)16-7-8-20-21(13-16)30-10-9-29-20/h1-8,11-14H,9-10H2,(H,26,27)/b25-14-. The molecule has 1 heterocycles. The van der Waals surface area contributed by atoms with Crippen molar-refractivity contribution in [2.24, 2.45) is 5.10 Å². The van der Waals surface area contributed by atoms with Crippen LogP contribution in [0, 0.1) is 5.82 Å². The lowest BCUT2D eigenvalue weighted by Crippen LogP contribution is -2.19. The summed E-state index contributed by atoms with van der Waals surface area (Å²) in [6.45, 7) is 0.899. The van der Waals surface area contributed by atoms with Crippen molar-refractivity contribution in [1.82, 2.24) is 5.43 Å². The van der Waals surface area contributed by atoms with Gasteiger partial charge >= 0.3 is 5.97 Å². The summed E-state index contributed by atoms with van der Waals surface area (Å²) in [5.74, 6) is -0.255. The first kappa shape index (κ1) is 20.1. The van der Waals surface area contributed by atoms with Crippen molar-refractivity contribution in [3.63, 3.8) is 0 Å². The van der Waals surface area contributed by atoms with Crippen molar-refractivity contribution in [2.75, 3.05) is 13.2 Å². The van der Waals surface area contributed by atoms with Gasteiger partial charge < -0.3 is 14.2 Å². The van der Waals surface area contributed by atoms with E-state index in [1.807, 2.05) is 0 Å². The minimum absolute atomic E-state index is 0.103. The van der Waals surface area contributed by atoms with Gasteiger partial charge in [0.05, 0.1) is 11.8 Å². The van der Waals surface area contributed by atoms with Gasteiger partial charge in [-0.25, -0.2) is 14.6 Å². The normalized spacial score (nSPS) is 12.4. The van der Waals surface area contributed by atoms with Gasteiger partial charge in [-0.3, -0.25) is 4.79 Å². The molecule has 1 aliphatic heterocycles. The molecular weight excluding hydrogens is 403 g/mol. The zero-order chi connectivity index (χ0) is 21.6. The van der Waals surface area contributed by atoms with Crippen LogP contribution in [0.15, 0.2) is 71.8 Å². The van der Waals surface area contributed by atoms with E-state index in [0.29, 0.717) is 35.8 Å². The van der Waals surface area contributed by atoms with Gasteiger partial charge in [0, 0.05) is 5.56 Å². The smallest absolute Gasteiger partial charge is 0.343 e. The summed E-state index contributed by atoms with van der Waals surface area (Å²) >= 11 is 0. The number of benzene rings is 3. The molecule has 0 saturated carbocycles. The molecule has 3 aromatic carbocycles.